The second kappa shape index (κ2) is 12.5. The molecule has 0 saturated heterocycles. The van der Waals surface area contributed by atoms with E-state index in [-0.39, 0.29) is 0 Å². The third kappa shape index (κ3) is 5.37. The van der Waals surface area contributed by atoms with Crippen LogP contribution in [0.1, 0.15) is 0 Å². The van der Waals surface area contributed by atoms with Gasteiger partial charge in [-0.05, 0) is 46.8 Å². The van der Waals surface area contributed by atoms with Gasteiger partial charge in [0.05, 0.1) is 17.1 Å². The Kier molecular flexibility index (Phi) is 7.39. The van der Waals surface area contributed by atoms with E-state index in [1.165, 1.54) is 44.4 Å². The zero-order valence-electron chi connectivity index (χ0n) is 27.7. The van der Waals surface area contributed by atoms with Gasteiger partial charge in [-0.15, -0.1) is 0 Å². The van der Waals surface area contributed by atoms with Gasteiger partial charge in [0.1, 0.15) is 31.2 Å². The van der Waals surface area contributed by atoms with Crippen molar-refractivity contribution in [3.63, 3.8) is 0 Å². The molecule has 6 nitrogen and oxygen atoms in total. The molecule has 0 aromatic heterocycles. The van der Waals surface area contributed by atoms with Crippen molar-refractivity contribution in [2.75, 3.05) is 35.1 Å². The topological polar surface area (TPSA) is 34.6 Å². The number of rotatable bonds is 7. The maximum atomic E-state index is 6.50. The lowest BCUT2D eigenvalue weighted by atomic mass is 9.94. The van der Waals surface area contributed by atoms with Crippen LogP contribution < -0.4 is 19.4 Å². The van der Waals surface area contributed by atoms with Crippen LogP contribution in [0.25, 0.3) is 33.0 Å². The molecule has 2 aliphatic heterocycles. The summed E-state index contributed by atoms with van der Waals surface area (Å²) in [7, 11) is 1.96. The van der Waals surface area contributed by atoms with Gasteiger partial charge in [0.2, 0.25) is 0 Å². The van der Waals surface area contributed by atoms with E-state index in [1.807, 2.05) is 36.6 Å². The van der Waals surface area contributed by atoms with Crippen molar-refractivity contribution in [3.8, 4) is 33.8 Å². The van der Waals surface area contributed by atoms with E-state index < -0.39 is 0 Å². The minimum Gasteiger partial charge on any atom is -0.457 e. The summed E-state index contributed by atoms with van der Waals surface area (Å²) in [6.45, 7) is 1.34. The average molecular weight is 650 g/mol. The minimum atomic E-state index is 0.633. The third-order valence-electron chi connectivity index (χ3n) is 9.46. The number of hydrazone groups is 1. The molecule has 2 aliphatic rings. The molecular formula is C44H35N5O. The number of benzene rings is 7. The summed E-state index contributed by atoms with van der Waals surface area (Å²) in [5.74, 6) is 1.56. The van der Waals surface area contributed by atoms with Crippen molar-refractivity contribution < 1.29 is 4.74 Å². The molecule has 0 radical (unpaired) electrons. The van der Waals surface area contributed by atoms with Gasteiger partial charge in [0.15, 0.2) is 0 Å². The van der Waals surface area contributed by atoms with Crippen LogP contribution in [0.4, 0.5) is 28.4 Å². The number of fused-ring (bicyclic) bond motifs is 3. The molecule has 9 rings (SSSR count). The summed E-state index contributed by atoms with van der Waals surface area (Å²) < 4.78 is 6.50. The molecule has 0 atom stereocenters. The molecule has 6 heteroatoms. The van der Waals surface area contributed by atoms with Crippen molar-refractivity contribution in [1.29, 1.82) is 0 Å². The summed E-state index contributed by atoms with van der Waals surface area (Å²) in [5.41, 5.74) is 10.4. The number of para-hydroxylation sites is 1. The molecule has 0 fully saturated rings. The smallest absolute Gasteiger partial charge is 0.129 e. The average Bonchev–Trinajstić information content (AvgIpc) is 3.80. The molecule has 0 spiro atoms. The van der Waals surface area contributed by atoms with Crippen molar-refractivity contribution in [2.24, 2.45) is 5.10 Å². The molecule has 0 N–H and O–H groups in total. The first-order chi connectivity index (χ1) is 24.7. The molecule has 0 unspecified atom stereocenters. The largest absolute Gasteiger partial charge is 0.457 e. The van der Waals surface area contributed by atoms with Gasteiger partial charge in [-0.1, -0.05) is 121 Å². The number of nitrogens with zero attached hydrogens (tertiary/aromatic N) is 5. The van der Waals surface area contributed by atoms with Gasteiger partial charge in [-0.2, -0.15) is 5.10 Å². The molecule has 50 heavy (non-hydrogen) atoms. The normalized spacial score (nSPS) is 13.7. The fourth-order valence-electron chi connectivity index (χ4n) is 7.14. The molecule has 7 aromatic carbocycles. The maximum Gasteiger partial charge on any atom is 0.129 e. The summed E-state index contributed by atoms with van der Waals surface area (Å²) in [4.78, 5) is 7.01. The monoisotopic (exact) mass is 649 g/mol. The molecule has 242 valence electrons. The summed E-state index contributed by atoms with van der Waals surface area (Å²) in [6.07, 6.45) is 1.85. The standard InChI is InChI=1S/C44H35N5O/c1-46-30-47(29-45-46)35-18-10-20-37(27-35)50-38-21-11-19-36(28-38)48-31-49(44-41-22-9-8-17-34(41)25-26-42(44)48)43-39(32-13-4-2-5-14-32)23-12-24-40(43)33-15-6-3-7-16-33/h2-29H,30-31H2,1H3. The molecule has 7 aromatic rings. The van der Waals surface area contributed by atoms with Crippen LogP contribution >= 0.6 is 0 Å². The molecule has 0 bridgehead atoms. The number of ether oxygens (including phenoxy) is 1. The van der Waals surface area contributed by atoms with Gasteiger partial charge in [0, 0.05) is 47.1 Å². The Balaban J connectivity index is 1.16. The van der Waals surface area contributed by atoms with Crippen LogP contribution in [0.3, 0.4) is 0 Å². The fourth-order valence-corrected chi connectivity index (χ4v) is 7.14. The van der Waals surface area contributed by atoms with Gasteiger partial charge in [-0.25, -0.2) is 0 Å². The predicted octanol–water partition coefficient (Wildman–Crippen LogP) is 10.9. The SMILES string of the molecule is CN1CN(c2cccc(Oc3cccc(N4CN(c5c(-c6ccccc6)cccc5-c5ccccc5)c5c4ccc4ccccc54)c3)c2)C=N1. The Morgan fingerprint density at radius 3 is 1.82 bits per heavy atom. The first kappa shape index (κ1) is 29.6. The third-order valence-corrected chi connectivity index (χ3v) is 9.46. The Bertz CT molecular complexity index is 2300. The fraction of sp³-hybridized carbons (Fsp3) is 0.0682. The van der Waals surface area contributed by atoms with Gasteiger partial charge in [-0.3, -0.25) is 5.01 Å². The zero-order chi connectivity index (χ0) is 33.4. The minimum absolute atomic E-state index is 0.633. The van der Waals surface area contributed by atoms with Crippen LogP contribution in [0.2, 0.25) is 0 Å². The van der Waals surface area contributed by atoms with E-state index in [0.717, 1.165) is 28.6 Å². The zero-order valence-corrected chi connectivity index (χ0v) is 27.7. The lowest BCUT2D eigenvalue weighted by Crippen LogP contribution is -2.25. The Morgan fingerprint density at radius 1 is 0.520 bits per heavy atom. The van der Waals surface area contributed by atoms with Crippen LogP contribution in [-0.4, -0.2) is 31.7 Å². The van der Waals surface area contributed by atoms with E-state index in [0.29, 0.717) is 13.3 Å². The number of hydrogen-bond acceptors (Lipinski definition) is 6. The maximum absolute atomic E-state index is 6.50. The summed E-state index contributed by atoms with van der Waals surface area (Å²) in [5, 5.41) is 8.69. The van der Waals surface area contributed by atoms with Crippen molar-refractivity contribution >= 4 is 45.5 Å². The van der Waals surface area contributed by atoms with Crippen molar-refractivity contribution in [3.05, 3.63) is 164 Å². The molecule has 0 saturated carbocycles. The Morgan fingerprint density at radius 2 is 1.14 bits per heavy atom. The highest BCUT2D eigenvalue weighted by molar-refractivity contribution is 6.09. The Labute approximate surface area is 292 Å². The highest BCUT2D eigenvalue weighted by Gasteiger charge is 2.33. The van der Waals surface area contributed by atoms with Crippen LogP contribution in [0, 0.1) is 0 Å². The van der Waals surface area contributed by atoms with E-state index in [1.54, 1.807) is 0 Å². The van der Waals surface area contributed by atoms with Crippen molar-refractivity contribution in [2.45, 2.75) is 0 Å². The first-order valence-electron chi connectivity index (χ1n) is 16.9. The van der Waals surface area contributed by atoms with Crippen LogP contribution in [0.15, 0.2) is 169 Å². The van der Waals surface area contributed by atoms with Crippen LogP contribution in [-0.2, 0) is 0 Å². The van der Waals surface area contributed by atoms with Gasteiger partial charge in [0.25, 0.3) is 0 Å². The van der Waals surface area contributed by atoms with Gasteiger partial charge < -0.3 is 19.4 Å². The lowest BCUT2D eigenvalue weighted by molar-refractivity contribution is 0.393. The second-order valence-corrected chi connectivity index (χ2v) is 12.7. The lowest BCUT2D eigenvalue weighted by Gasteiger charge is -2.27. The van der Waals surface area contributed by atoms with E-state index >= 15 is 0 Å². The van der Waals surface area contributed by atoms with Gasteiger partial charge >= 0.3 is 0 Å². The molecule has 0 amide bonds. The number of anilines is 5. The molecular weight excluding hydrogens is 615 g/mol. The predicted molar refractivity (Wildman–Crippen MR) is 207 cm³/mol. The molecule has 0 aliphatic carbocycles. The highest BCUT2D eigenvalue weighted by atomic mass is 16.5. The summed E-state index contributed by atoms with van der Waals surface area (Å²) in [6, 6.07) is 57.9. The van der Waals surface area contributed by atoms with E-state index in [4.69, 9.17) is 4.74 Å². The summed E-state index contributed by atoms with van der Waals surface area (Å²) >= 11 is 0. The Hall–Kier alpha value is -6.53. The van der Waals surface area contributed by atoms with E-state index in [9.17, 15) is 0 Å². The quantitative estimate of drug-likeness (QED) is 0.172. The highest BCUT2D eigenvalue weighted by Crippen LogP contribution is 2.52. The van der Waals surface area contributed by atoms with E-state index in [2.05, 4.69) is 165 Å². The molecule has 2 heterocycles. The van der Waals surface area contributed by atoms with Crippen molar-refractivity contribution in [1.82, 2.24) is 5.01 Å². The first-order valence-corrected chi connectivity index (χ1v) is 16.9. The number of hydrogen-bond donors (Lipinski definition) is 0. The van der Waals surface area contributed by atoms with Crippen LogP contribution in [0.5, 0.6) is 11.5 Å². The second-order valence-electron chi connectivity index (χ2n) is 12.7.